The van der Waals surface area contributed by atoms with E-state index in [2.05, 4.69) is 10.3 Å². The fraction of sp³-hybridized carbons (Fsp3) is 0.625. The second-order valence-electron chi connectivity index (χ2n) is 7.54. The lowest BCUT2D eigenvalue weighted by molar-refractivity contribution is -0.261. The Hall–Kier alpha value is -1.83. The maximum Gasteiger partial charge on any atom is 0.422 e. The number of fused-ring (bicyclic) bond motifs is 3. The minimum atomic E-state index is -4.84. The van der Waals surface area contributed by atoms with Crippen molar-refractivity contribution < 1.29 is 22.8 Å². The topological polar surface area (TPSA) is 64.1 Å². The van der Waals surface area contributed by atoms with E-state index in [0.717, 1.165) is 5.69 Å². The number of hydrogen-bond donors (Lipinski definition) is 1. The van der Waals surface area contributed by atoms with Crippen LogP contribution in [0.1, 0.15) is 57.5 Å². The average Bonchev–Trinajstić information content (AvgIpc) is 2.99. The molecule has 0 fully saturated rings. The molecule has 0 unspecified atom stereocenters. The van der Waals surface area contributed by atoms with Crippen LogP contribution in [0.25, 0.3) is 11.3 Å². The van der Waals surface area contributed by atoms with Crippen LogP contribution >= 0.6 is 0 Å². The summed E-state index contributed by atoms with van der Waals surface area (Å²) in [6.07, 6.45) is -2.75. The zero-order valence-electron chi connectivity index (χ0n) is 14.2. The normalized spacial score (nSPS) is 20.5. The minimum absolute atomic E-state index is 0.259. The number of hydrogen-bond acceptors (Lipinski definition) is 4. The molecule has 0 aromatic carbocycles. The maximum atomic E-state index is 13.2. The molecule has 2 atom stereocenters. The minimum Gasteiger partial charge on any atom is -0.375 e. The molecule has 3 rings (SSSR count). The van der Waals surface area contributed by atoms with Gasteiger partial charge in [-0.1, -0.05) is 12.1 Å². The van der Waals surface area contributed by atoms with Gasteiger partial charge >= 0.3 is 6.18 Å². The van der Waals surface area contributed by atoms with Crippen molar-refractivity contribution in [3.05, 3.63) is 23.1 Å². The smallest absolute Gasteiger partial charge is 0.375 e. The lowest BCUT2D eigenvalue weighted by Gasteiger charge is -2.29. The van der Waals surface area contributed by atoms with E-state index in [1.54, 1.807) is 13.1 Å². The zero-order chi connectivity index (χ0) is 18.1. The quantitative estimate of drug-likeness (QED) is 0.857. The van der Waals surface area contributed by atoms with Crippen molar-refractivity contribution in [3.63, 3.8) is 0 Å². The Labute approximate surface area is 137 Å². The molecular weight excluding hydrogens is 323 g/mol. The molecule has 0 bridgehead atoms. The molecule has 2 aromatic heterocycles. The summed E-state index contributed by atoms with van der Waals surface area (Å²) >= 11 is 0. The molecule has 0 saturated carbocycles. The molecule has 0 spiro atoms. The van der Waals surface area contributed by atoms with Gasteiger partial charge in [0.05, 0.1) is 23.0 Å². The van der Waals surface area contributed by atoms with E-state index in [-0.39, 0.29) is 17.2 Å². The predicted octanol–water partition coefficient (Wildman–Crippen LogP) is 3.72. The molecule has 2 aromatic rings. The van der Waals surface area contributed by atoms with Crippen molar-refractivity contribution >= 4 is 0 Å². The molecule has 8 heteroatoms. The van der Waals surface area contributed by atoms with Gasteiger partial charge in [-0.25, -0.2) is 0 Å². The summed E-state index contributed by atoms with van der Waals surface area (Å²) in [5, 5.41) is 17.9. The molecule has 0 aliphatic heterocycles. The van der Waals surface area contributed by atoms with E-state index in [1.165, 1.54) is 0 Å². The van der Waals surface area contributed by atoms with Crippen molar-refractivity contribution in [3.8, 4) is 11.3 Å². The van der Waals surface area contributed by atoms with Crippen LogP contribution in [-0.2, 0) is 17.6 Å². The molecule has 0 saturated heterocycles. The summed E-state index contributed by atoms with van der Waals surface area (Å²) in [6.45, 7) is 8.50. The maximum absolute atomic E-state index is 13.2. The number of halogens is 3. The zero-order valence-corrected chi connectivity index (χ0v) is 14.2. The van der Waals surface area contributed by atoms with Crippen LogP contribution in [0, 0.1) is 0 Å². The number of aliphatic hydroxyl groups is 1. The van der Waals surface area contributed by atoms with Crippen LogP contribution < -0.4 is 0 Å². The van der Waals surface area contributed by atoms with E-state index < -0.39 is 17.5 Å². The van der Waals surface area contributed by atoms with E-state index >= 15 is 0 Å². The fourth-order valence-electron chi connectivity index (χ4n) is 3.16. The third-order valence-electron chi connectivity index (χ3n) is 4.48. The summed E-state index contributed by atoms with van der Waals surface area (Å²) in [5.41, 5.74) is -1.95. The van der Waals surface area contributed by atoms with Gasteiger partial charge in [-0.05, 0) is 40.0 Å². The van der Waals surface area contributed by atoms with Crippen molar-refractivity contribution in [2.24, 2.45) is 0 Å². The highest BCUT2D eigenvalue weighted by Crippen LogP contribution is 2.48. The van der Waals surface area contributed by atoms with Crippen molar-refractivity contribution in [1.29, 1.82) is 0 Å². The van der Waals surface area contributed by atoms with Gasteiger partial charge in [0.15, 0.2) is 5.76 Å². The van der Waals surface area contributed by atoms with Gasteiger partial charge in [-0.2, -0.15) is 18.3 Å². The molecule has 0 radical (unpaired) electrons. The first-order chi connectivity index (χ1) is 10.9. The summed E-state index contributed by atoms with van der Waals surface area (Å²) in [7, 11) is 0. The first kappa shape index (κ1) is 17.0. The Balaban J connectivity index is 2.19. The summed E-state index contributed by atoms with van der Waals surface area (Å²) in [4.78, 5) is 0. The first-order valence-electron chi connectivity index (χ1n) is 7.72. The van der Waals surface area contributed by atoms with Crippen LogP contribution in [-0.4, -0.2) is 26.2 Å². The number of alkyl halides is 3. The third kappa shape index (κ3) is 2.27. The van der Waals surface area contributed by atoms with Crippen LogP contribution in [0.3, 0.4) is 0 Å². The van der Waals surface area contributed by atoms with Gasteiger partial charge in [0, 0.05) is 5.56 Å². The van der Waals surface area contributed by atoms with Crippen molar-refractivity contribution in [1.82, 2.24) is 14.9 Å². The van der Waals surface area contributed by atoms with Crippen molar-refractivity contribution in [2.75, 3.05) is 0 Å². The summed E-state index contributed by atoms with van der Waals surface area (Å²) in [5.74, 6) is -0.0147. The second-order valence-corrected chi connectivity index (χ2v) is 7.54. The van der Waals surface area contributed by atoms with Gasteiger partial charge in [-0.3, -0.25) is 4.68 Å². The van der Waals surface area contributed by atoms with Gasteiger partial charge in [0.25, 0.3) is 0 Å². The van der Waals surface area contributed by atoms with Crippen LogP contribution in [0.15, 0.2) is 10.7 Å². The van der Waals surface area contributed by atoms with Crippen LogP contribution in [0.4, 0.5) is 13.2 Å². The van der Waals surface area contributed by atoms with Gasteiger partial charge in [0.1, 0.15) is 5.69 Å². The van der Waals surface area contributed by atoms with E-state index in [9.17, 15) is 18.3 Å². The molecule has 1 aliphatic rings. The van der Waals surface area contributed by atoms with Crippen LogP contribution in [0.2, 0.25) is 0 Å². The Morgan fingerprint density at radius 2 is 1.88 bits per heavy atom. The standard InChI is InChI=1S/C16H20F3N3O2/c1-8-6-10-9(7-20-22(10)14(2,3)4)12-11(8)13(21-24-12)15(5,23)16(17,18)19/h7-8,23H,6H2,1-5H3/t8-,15+/m1/s1. The third-order valence-corrected chi connectivity index (χ3v) is 4.48. The largest absolute Gasteiger partial charge is 0.422 e. The molecule has 5 nitrogen and oxygen atoms in total. The SMILES string of the molecule is C[C@@H]1Cc2c(cnn2C(C)(C)C)-c2onc([C@](C)(O)C(F)(F)F)c21. The summed E-state index contributed by atoms with van der Waals surface area (Å²) < 4.78 is 46.7. The first-order valence-corrected chi connectivity index (χ1v) is 7.72. The van der Waals surface area contributed by atoms with Gasteiger partial charge < -0.3 is 9.63 Å². The number of aromatic nitrogens is 3. The lowest BCUT2D eigenvalue weighted by atomic mass is 9.82. The Bertz CT molecular complexity index is 782. The lowest BCUT2D eigenvalue weighted by Crippen LogP contribution is -2.40. The molecule has 24 heavy (non-hydrogen) atoms. The van der Waals surface area contributed by atoms with E-state index in [1.807, 2.05) is 25.5 Å². The van der Waals surface area contributed by atoms with Crippen LogP contribution in [0.5, 0.6) is 0 Å². The highest BCUT2D eigenvalue weighted by molar-refractivity contribution is 5.68. The Kier molecular flexibility index (Phi) is 3.43. The monoisotopic (exact) mass is 343 g/mol. The molecular formula is C16H20F3N3O2. The molecule has 2 heterocycles. The number of rotatable bonds is 1. The van der Waals surface area contributed by atoms with Gasteiger partial charge in [-0.15, -0.1) is 0 Å². The van der Waals surface area contributed by atoms with E-state index in [4.69, 9.17) is 4.52 Å². The Morgan fingerprint density at radius 1 is 1.25 bits per heavy atom. The Morgan fingerprint density at radius 3 is 2.42 bits per heavy atom. The fourth-order valence-corrected chi connectivity index (χ4v) is 3.16. The highest BCUT2D eigenvalue weighted by Gasteiger charge is 2.55. The van der Waals surface area contributed by atoms with E-state index in [0.29, 0.717) is 24.5 Å². The molecule has 132 valence electrons. The predicted molar refractivity (Wildman–Crippen MR) is 80.5 cm³/mol. The molecule has 1 N–H and O–H groups in total. The molecule has 0 amide bonds. The second kappa shape index (κ2) is 4.84. The number of nitrogens with zero attached hydrogens (tertiary/aromatic N) is 3. The average molecular weight is 343 g/mol. The highest BCUT2D eigenvalue weighted by atomic mass is 19.4. The summed E-state index contributed by atoms with van der Waals surface area (Å²) in [6, 6.07) is 0. The van der Waals surface area contributed by atoms with Crippen molar-refractivity contribution in [2.45, 2.75) is 64.3 Å². The van der Waals surface area contributed by atoms with Gasteiger partial charge in [0.2, 0.25) is 5.60 Å². The molecule has 1 aliphatic carbocycles.